The smallest absolute Gasteiger partial charge is 0.252 e. The molecule has 0 heterocycles. The Balaban J connectivity index is 0.00000833. The van der Waals surface area contributed by atoms with Gasteiger partial charge < -0.3 is 21.1 Å². The first-order valence-corrected chi connectivity index (χ1v) is 18.4. The molecule has 4 N–H and O–H groups in total. The second-order valence-electron chi connectivity index (χ2n) is 12.3. The summed E-state index contributed by atoms with van der Waals surface area (Å²) in [7, 11) is -3.86. The Kier molecular flexibility index (Phi) is 17.3. The van der Waals surface area contributed by atoms with Crippen molar-refractivity contribution < 1.29 is 31.9 Å². The van der Waals surface area contributed by atoms with E-state index in [1.54, 1.807) is 31.2 Å². The van der Waals surface area contributed by atoms with Crippen LogP contribution in [0, 0.1) is 18.6 Å². The van der Waals surface area contributed by atoms with Crippen LogP contribution in [0.25, 0.3) is 0 Å². The van der Waals surface area contributed by atoms with E-state index in [1.165, 1.54) is 0 Å². The number of aryl methyl sites for hydroxylation is 2. The van der Waals surface area contributed by atoms with Crippen LogP contribution in [0.2, 0.25) is 0 Å². The number of aliphatic hydroxyl groups is 1. The van der Waals surface area contributed by atoms with E-state index in [-0.39, 0.29) is 36.5 Å². The second kappa shape index (κ2) is 20.3. The molecule has 8 nitrogen and oxygen atoms in total. The predicted molar refractivity (Wildman–Crippen MR) is 193 cm³/mol. The van der Waals surface area contributed by atoms with Gasteiger partial charge in [0.05, 0.1) is 23.1 Å². The van der Waals surface area contributed by atoms with Gasteiger partial charge in [-0.1, -0.05) is 76.1 Å². The summed E-state index contributed by atoms with van der Waals surface area (Å²) in [5, 5.41) is 19.1. The van der Waals surface area contributed by atoms with Gasteiger partial charge in [0.15, 0.2) is 9.84 Å². The molecule has 0 aliphatic rings. The van der Waals surface area contributed by atoms with Crippen LogP contribution in [0.4, 0.5) is 8.78 Å². The Labute approximate surface area is 295 Å². The van der Waals surface area contributed by atoms with E-state index in [0.717, 1.165) is 35.7 Å². The van der Waals surface area contributed by atoms with Crippen LogP contribution in [-0.4, -0.2) is 61.1 Å². The molecular formula is C37H50ClF2N3O5S. The normalized spacial score (nSPS) is 13.3. The standard InChI is InChI=1S/C37H49F2N3O5S.ClH/c1-5-11-31(12-6-2)48(46,47)24-34(42-36(44)32-16-9-8-13-25(32)4)37(45)41-33(20-28-18-29(38)21-30(39)19-28)35(43)23-40-22-27-15-10-14-26(7-3)17-27;/h8-10,13-19,21,31,33-35,40,43H,5-7,11-12,20,22-24H2,1-4H3,(H,41,45)(H,42,44);1H/t33-,34-,35+;/m0./s1. The molecule has 3 aromatic rings. The monoisotopic (exact) mass is 721 g/mol. The van der Waals surface area contributed by atoms with Gasteiger partial charge in [0.1, 0.15) is 17.7 Å². The second-order valence-corrected chi connectivity index (χ2v) is 14.7. The first-order chi connectivity index (χ1) is 22.9. The topological polar surface area (TPSA) is 125 Å². The minimum Gasteiger partial charge on any atom is -0.390 e. The lowest BCUT2D eigenvalue weighted by atomic mass is 10.00. The Morgan fingerprint density at radius 1 is 0.837 bits per heavy atom. The highest BCUT2D eigenvalue weighted by atomic mass is 35.5. The molecule has 0 saturated carbocycles. The molecule has 0 spiro atoms. The van der Waals surface area contributed by atoms with Crippen molar-refractivity contribution >= 4 is 34.1 Å². The van der Waals surface area contributed by atoms with E-state index in [0.29, 0.717) is 37.8 Å². The van der Waals surface area contributed by atoms with Crippen molar-refractivity contribution in [1.82, 2.24) is 16.0 Å². The van der Waals surface area contributed by atoms with Gasteiger partial charge in [0.2, 0.25) is 5.91 Å². The number of hydrogen-bond donors (Lipinski definition) is 4. The highest BCUT2D eigenvalue weighted by Gasteiger charge is 2.34. The molecule has 0 fully saturated rings. The van der Waals surface area contributed by atoms with Gasteiger partial charge in [0, 0.05) is 24.7 Å². The molecule has 0 aliphatic heterocycles. The summed E-state index contributed by atoms with van der Waals surface area (Å²) in [6, 6.07) is 15.1. The van der Waals surface area contributed by atoms with Gasteiger partial charge in [-0.15, -0.1) is 12.4 Å². The van der Waals surface area contributed by atoms with Crippen molar-refractivity contribution in [2.45, 2.75) is 96.2 Å². The van der Waals surface area contributed by atoms with E-state index in [2.05, 4.69) is 22.9 Å². The minimum absolute atomic E-state index is 0. The quantitative estimate of drug-likeness (QED) is 0.128. The lowest BCUT2D eigenvalue weighted by Crippen LogP contribution is -2.57. The number of carbonyl (C=O) groups is 2. The highest BCUT2D eigenvalue weighted by Crippen LogP contribution is 2.18. The average molecular weight is 722 g/mol. The predicted octanol–water partition coefficient (Wildman–Crippen LogP) is 5.62. The number of aliphatic hydroxyl groups excluding tert-OH is 1. The van der Waals surface area contributed by atoms with Gasteiger partial charge in [-0.3, -0.25) is 9.59 Å². The molecule has 3 atom stereocenters. The van der Waals surface area contributed by atoms with Gasteiger partial charge in [0.25, 0.3) is 5.91 Å². The molecule has 49 heavy (non-hydrogen) atoms. The van der Waals surface area contributed by atoms with E-state index in [9.17, 15) is 31.9 Å². The Morgan fingerprint density at radius 3 is 2.08 bits per heavy atom. The van der Waals surface area contributed by atoms with Gasteiger partial charge in [-0.25, -0.2) is 17.2 Å². The van der Waals surface area contributed by atoms with Crippen LogP contribution >= 0.6 is 12.4 Å². The van der Waals surface area contributed by atoms with Crippen molar-refractivity contribution in [2.75, 3.05) is 12.3 Å². The third-order valence-corrected chi connectivity index (χ3v) is 10.7. The number of sulfone groups is 1. The zero-order chi connectivity index (χ0) is 35.3. The number of hydrogen-bond acceptors (Lipinski definition) is 6. The minimum atomic E-state index is -3.86. The Hall–Kier alpha value is -3.38. The number of benzene rings is 3. The van der Waals surface area contributed by atoms with Crippen LogP contribution in [0.3, 0.4) is 0 Å². The molecule has 270 valence electrons. The van der Waals surface area contributed by atoms with E-state index < -0.39 is 62.5 Å². The van der Waals surface area contributed by atoms with Crippen LogP contribution in [0.1, 0.15) is 79.1 Å². The summed E-state index contributed by atoms with van der Waals surface area (Å²) in [5.74, 6) is -3.73. The van der Waals surface area contributed by atoms with Gasteiger partial charge in [-0.05, 0) is 73.1 Å². The lowest BCUT2D eigenvalue weighted by Gasteiger charge is -2.28. The number of carbonyl (C=O) groups excluding carboxylic acids is 2. The molecule has 0 saturated heterocycles. The average Bonchev–Trinajstić information content (AvgIpc) is 3.03. The van der Waals surface area contributed by atoms with E-state index in [1.807, 2.05) is 38.1 Å². The van der Waals surface area contributed by atoms with E-state index >= 15 is 0 Å². The molecule has 12 heteroatoms. The summed E-state index contributed by atoms with van der Waals surface area (Å²) in [6.45, 7) is 7.98. The first-order valence-electron chi connectivity index (χ1n) is 16.7. The van der Waals surface area contributed by atoms with Crippen LogP contribution < -0.4 is 16.0 Å². The number of rotatable bonds is 19. The van der Waals surface area contributed by atoms with Crippen molar-refractivity contribution in [3.05, 3.63) is 106 Å². The maximum absolute atomic E-state index is 14.1. The SMILES string of the molecule is CCCC(CCC)S(=O)(=O)C[C@H](NC(=O)c1ccccc1C)C(=O)N[C@@H](Cc1cc(F)cc(F)c1)[C@H](O)CNCc1cccc(CC)c1.Cl. The third-order valence-electron chi connectivity index (χ3n) is 8.39. The Morgan fingerprint density at radius 2 is 1.47 bits per heavy atom. The molecule has 0 aromatic heterocycles. The number of amides is 2. The fourth-order valence-corrected chi connectivity index (χ4v) is 7.94. The number of nitrogens with one attached hydrogen (secondary N) is 3. The maximum Gasteiger partial charge on any atom is 0.252 e. The summed E-state index contributed by atoms with van der Waals surface area (Å²) >= 11 is 0. The lowest BCUT2D eigenvalue weighted by molar-refractivity contribution is -0.124. The Bertz CT molecular complexity index is 1600. The molecule has 2 amide bonds. The van der Waals surface area contributed by atoms with Gasteiger partial charge in [-0.2, -0.15) is 0 Å². The van der Waals surface area contributed by atoms with Crippen molar-refractivity contribution in [2.24, 2.45) is 0 Å². The van der Waals surface area contributed by atoms with Crippen molar-refractivity contribution in [3.63, 3.8) is 0 Å². The number of halogens is 3. The van der Waals surface area contributed by atoms with Gasteiger partial charge >= 0.3 is 0 Å². The zero-order valence-corrected chi connectivity index (χ0v) is 30.3. The van der Waals surface area contributed by atoms with Crippen LogP contribution in [0.5, 0.6) is 0 Å². The first kappa shape index (κ1) is 41.8. The van der Waals surface area contributed by atoms with Crippen LogP contribution in [0.15, 0.2) is 66.7 Å². The third kappa shape index (κ3) is 13.1. The fraction of sp³-hybridized carbons (Fsp3) is 0.459. The summed E-state index contributed by atoms with van der Waals surface area (Å²) in [6.07, 6.45) is 1.55. The fourth-order valence-electron chi connectivity index (χ4n) is 5.78. The zero-order valence-electron chi connectivity index (χ0n) is 28.7. The summed E-state index contributed by atoms with van der Waals surface area (Å²) < 4.78 is 55.5. The highest BCUT2D eigenvalue weighted by molar-refractivity contribution is 7.92. The summed E-state index contributed by atoms with van der Waals surface area (Å²) in [4.78, 5) is 27.3. The molecule has 0 radical (unpaired) electrons. The molecule has 3 aromatic carbocycles. The van der Waals surface area contributed by atoms with Crippen LogP contribution in [-0.2, 0) is 34.0 Å². The molecule has 0 bridgehead atoms. The molecule has 0 unspecified atom stereocenters. The maximum atomic E-state index is 14.1. The molecule has 0 aliphatic carbocycles. The molecular weight excluding hydrogens is 672 g/mol. The summed E-state index contributed by atoms with van der Waals surface area (Å²) in [5.41, 5.74) is 3.26. The largest absolute Gasteiger partial charge is 0.390 e. The van der Waals surface area contributed by atoms with Crippen molar-refractivity contribution in [1.29, 1.82) is 0 Å². The molecule has 3 rings (SSSR count). The van der Waals surface area contributed by atoms with Crippen molar-refractivity contribution in [3.8, 4) is 0 Å². The van der Waals surface area contributed by atoms with E-state index in [4.69, 9.17) is 0 Å².